The summed E-state index contributed by atoms with van der Waals surface area (Å²) in [5.41, 5.74) is 3.56. The molecule has 100 valence electrons. The van der Waals surface area contributed by atoms with Crippen LogP contribution < -0.4 is 21.3 Å². The summed E-state index contributed by atoms with van der Waals surface area (Å²) in [6, 6.07) is 7.74. The number of hydrazine groups is 1. The molecule has 0 fully saturated rings. The van der Waals surface area contributed by atoms with Crippen molar-refractivity contribution in [3.8, 4) is 5.75 Å². The predicted molar refractivity (Wildman–Crippen MR) is 71.3 cm³/mol. The first-order valence-corrected chi connectivity index (χ1v) is 5.67. The largest absolute Gasteiger partial charge is 0.497 e. The van der Waals surface area contributed by atoms with Gasteiger partial charge in [0.25, 0.3) is 0 Å². The molecule has 0 aliphatic heterocycles. The summed E-state index contributed by atoms with van der Waals surface area (Å²) in [5, 5.41) is 3.03. The van der Waals surface area contributed by atoms with E-state index < -0.39 is 0 Å². The van der Waals surface area contributed by atoms with Gasteiger partial charge in [-0.1, -0.05) is 12.1 Å². The molecule has 4 N–H and O–H groups in total. The van der Waals surface area contributed by atoms with E-state index in [-0.39, 0.29) is 0 Å². The second-order valence-electron chi connectivity index (χ2n) is 3.58. The summed E-state index contributed by atoms with van der Waals surface area (Å²) in [4.78, 5) is 4.32. The zero-order valence-corrected chi connectivity index (χ0v) is 10.8. The molecule has 0 bridgehead atoms. The fourth-order valence-electron chi connectivity index (χ4n) is 1.37. The topological polar surface area (TPSA) is 80.9 Å². The minimum Gasteiger partial charge on any atom is -0.497 e. The fourth-order valence-corrected chi connectivity index (χ4v) is 1.37. The molecule has 0 amide bonds. The van der Waals surface area contributed by atoms with Crippen molar-refractivity contribution in [3.63, 3.8) is 0 Å². The van der Waals surface area contributed by atoms with E-state index in [4.69, 9.17) is 15.3 Å². The van der Waals surface area contributed by atoms with E-state index in [0.29, 0.717) is 25.7 Å². The molecule has 1 rings (SSSR count). The van der Waals surface area contributed by atoms with Gasteiger partial charge in [-0.15, -0.1) is 0 Å². The molecule has 18 heavy (non-hydrogen) atoms. The van der Waals surface area contributed by atoms with Crippen LogP contribution in [-0.4, -0.2) is 33.3 Å². The van der Waals surface area contributed by atoms with Gasteiger partial charge in [-0.05, 0) is 17.7 Å². The molecule has 0 aliphatic carbocycles. The van der Waals surface area contributed by atoms with E-state index in [1.165, 1.54) is 0 Å². The van der Waals surface area contributed by atoms with E-state index in [1.807, 2.05) is 24.3 Å². The van der Waals surface area contributed by atoms with Crippen molar-refractivity contribution < 1.29 is 9.47 Å². The van der Waals surface area contributed by atoms with Gasteiger partial charge in [0.2, 0.25) is 5.96 Å². The summed E-state index contributed by atoms with van der Waals surface area (Å²) in [7, 11) is 3.28. The smallest absolute Gasteiger partial charge is 0.206 e. The highest BCUT2D eigenvalue weighted by atomic mass is 16.5. The quantitative estimate of drug-likeness (QED) is 0.222. The second-order valence-corrected chi connectivity index (χ2v) is 3.58. The van der Waals surface area contributed by atoms with Gasteiger partial charge in [0.1, 0.15) is 5.75 Å². The van der Waals surface area contributed by atoms with E-state index >= 15 is 0 Å². The monoisotopic (exact) mass is 252 g/mol. The molecular formula is C12H20N4O2. The predicted octanol–water partition coefficient (Wildman–Crippen LogP) is 0.251. The third-order valence-corrected chi connectivity index (χ3v) is 2.29. The molecule has 1 aromatic rings. The van der Waals surface area contributed by atoms with Crippen molar-refractivity contribution in [3.05, 3.63) is 29.8 Å². The highest BCUT2D eigenvalue weighted by Crippen LogP contribution is 2.12. The standard InChI is InChI=1S/C12H20N4O2/c1-17-7-6-14-12(16-13)15-9-10-4-3-5-11(8-10)18-2/h3-5,8H,6-7,9,13H2,1-2H3,(H2,14,15,16). The van der Waals surface area contributed by atoms with Gasteiger partial charge in [0, 0.05) is 13.7 Å². The molecule has 6 nitrogen and oxygen atoms in total. The Labute approximate surface area is 107 Å². The van der Waals surface area contributed by atoms with Gasteiger partial charge in [-0.2, -0.15) is 0 Å². The van der Waals surface area contributed by atoms with Gasteiger partial charge >= 0.3 is 0 Å². The van der Waals surface area contributed by atoms with Gasteiger partial charge < -0.3 is 14.8 Å². The van der Waals surface area contributed by atoms with Gasteiger partial charge in [0.05, 0.1) is 20.3 Å². The zero-order chi connectivity index (χ0) is 13.2. The van der Waals surface area contributed by atoms with E-state index in [9.17, 15) is 0 Å². The molecule has 0 aromatic heterocycles. The Morgan fingerprint density at radius 2 is 2.22 bits per heavy atom. The van der Waals surface area contributed by atoms with Crippen LogP contribution >= 0.6 is 0 Å². The number of hydrogen-bond acceptors (Lipinski definition) is 4. The van der Waals surface area contributed by atoms with Crippen LogP contribution in [-0.2, 0) is 11.3 Å². The Bertz CT molecular complexity index is 382. The minimum absolute atomic E-state index is 0.525. The van der Waals surface area contributed by atoms with Crippen molar-refractivity contribution in [2.75, 3.05) is 27.4 Å². The van der Waals surface area contributed by atoms with E-state index in [0.717, 1.165) is 11.3 Å². The zero-order valence-electron chi connectivity index (χ0n) is 10.8. The Hall–Kier alpha value is -1.79. The number of nitrogens with one attached hydrogen (secondary N) is 2. The number of nitrogens with zero attached hydrogens (tertiary/aromatic N) is 1. The number of rotatable bonds is 6. The van der Waals surface area contributed by atoms with Gasteiger partial charge in [-0.3, -0.25) is 5.43 Å². The molecule has 0 saturated heterocycles. The normalized spacial score (nSPS) is 11.2. The van der Waals surface area contributed by atoms with E-state index in [2.05, 4.69) is 15.7 Å². The second kappa shape index (κ2) is 8.32. The lowest BCUT2D eigenvalue weighted by Gasteiger charge is -2.08. The summed E-state index contributed by atoms with van der Waals surface area (Å²) in [6.45, 7) is 1.77. The third kappa shape index (κ3) is 5.03. The highest BCUT2D eigenvalue weighted by Gasteiger charge is 1.97. The van der Waals surface area contributed by atoms with Gasteiger partial charge in [0.15, 0.2) is 0 Å². The van der Waals surface area contributed by atoms with Crippen LogP contribution in [0.15, 0.2) is 29.3 Å². The molecule has 1 aromatic carbocycles. The highest BCUT2D eigenvalue weighted by molar-refractivity contribution is 5.79. The molecule has 0 heterocycles. The van der Waals surface area contributed by atoms with Crippen LogP contribution in [0.4, 0.5) is 0 Å². The molecule has 0 atom stereocenters. The fraction of sp³-hybridized carbons (Fsp3) is 0.417. The maximum Gasteiger partial charge on any atom is 0.206 e. The minimum atomic E-state index is 0.525. The summed E-state index contributed by atoms with van der Waals surface area (Å²) in [5.74, 6) is 6.72. The molecule has 0 unspecified atom stereocenters. The molecule has 0 saturated carbocycles. The van der Waals surface area contributed by atoms with Crippen molar-refractivity contribution >= 4 is 5.96 Å². The molecular weight excluding hydrogens is 232 g/mol. The molecule has 0 spiro atoms. The number of hydrogen-bond donors (Lipinski definition) is 3. The SMILES string of the molecule is COCCNC(=NCc1cccc(OC)c1)NN. The Morgan fingerprint density at radius 3 is 2.89 bits per heavy atom. The first kappa shape index (κ1) is 14.3. The number of ether oxygens (including phenoxy) is 2. The molecule has 0 aliphatic rings. The number of nitrogens with two attached hydrogens (primary N) is 1. The number of benzene rings is 1. The number of aliphatic imine (C=N–C) groups is 1. The Kier molecular flexibility index (Phi) is 6.60. The maximum absolute atomic E-state index is 5.37. The lowest BCUT2D eigenvalue weighted by Crippen LogP contribution is -2.42. The summed E-state index contributed by atoms with van der Waals surface area (Å²) in [6.07, 6.45) is 0. The Morgan fingerprint density at radius 1 is 1.39 bits per heavy atom. The first-order chi connectivity index (χ1) is 8.80. The Balaban J connectivity index is 2.53. The van der Waals surface area contributed by atoms with Crippen molar-refractivity contribution in [1.29, 1.82) is 0 Å². The molecule has 0 radical (unpaired) electrons. The average molecular weight is 252 g/mol. The third-order valence-electron chi connectivity index (χ3n) is 2.29. The lowest BCUT2D eigenvalue weighted by atomic mass is 10.2. The molecule has 6 heteroatoms. The van der Waals surface area contributed by atoms with Gasteiger partial charge in [-0.25, -0.2) is 10.8 Å². The van der Waals surface area contributed by atoms with Crippen LogP contribution in [0.25, 0.3) is 0 Å². The van der Waals surface area contributed by atoms with E-state index in [1.54, 1.807) is 14.2 Å². The first-order valence-electron chi connectivity index (χ1n) is 5.67. The van der Waals surface area contributed by atoms with Crippen molar-refractivity contribution in [2.24, 2.45) is 10.8 Å². The summed E-state index contributed by atoms with van der Waals surface area (Å²) >= 11 is 0. The number of guanidine groups is 1. The lowest BCUT2D eigenvalue weighted by molar-refractivity contribution is 0.203. The van der Waals surface area contributed by atoms with Crippen LogP contribution in [0.5, 0.6) is 5.75 Å². The van der Waals surface area contributed by atoms with Crippen LogP contribution in [0.2, 0.25) is 0 Å². The van der Waals surface area contributed by atoms with Crippen LogP contribution in [0.1, 0.15) is 5.56 Å². The van der Waals surface area contributed by atoms with Crippen molar-refractivity contribution in [2.45, 2.75) is 6.54 Å². The maximum atomic E-state index is 5.37. The van der Waals surface area contributed by atoms with Crippen LogP contribution in [0.3, 0.4) is 0 Å². The van der Waals surface area contributed by atoms with Crippen molar-refractivity contribution in [1.82, 2.24) is 10.7 Å². The van der Waals surface area contributed by atoms with Crippen LogP contribution in [0, 0.1) is 0 Å². The average Bonchev–Trinajstić information content (AvgIpc) is 2.43. The number of methoxy groups -OCH3 is 2. The summed E-state index contributed by atoms with van der Waals surface area (Å²) < 4.78 is 10.1.